The van der Waals surface area contributed by atoms with E-state index < -0.39 is 0 Å². The fourth-order valence-corrected chi connectivity index (χ4v) is 1.58. The summed E-state index contributed by atoms with van der Waals surface area (Å²) in [6, 6.07) is 8.64. The largest absolute Gasteiger partial charge is 0.472 e. The molecule has 2 aromatic rings. The van der Waals surface area contributed by atoms with Crippen LogP contribution in [0.25, 0.3) is 11.1 Å². The molecule has 0 aliphatic carbocycles. The molecule has 0 spiro atoms. The summed E-state index contributed by atoms with van der Waals surface area (Å²) >= 11 is 0. The van der Waals surface area contributed by atoms with Gasteiger partial charge >= 0.3 is 0 Å². The third-order valence-electron chi connectivity index (χ3n) is 2.53. The predicted molar refractivity (Wildman–Crippen MR) is 58.3 cm³/mol. The molecule has 0 fully saturated rings. The van der Waals surface area contributed by atoms with Crippen molar-refractivity contribution in [2.75, 3.05) is 0 Å². The SMILES string of the molecule is CCc1ccc(-c2cocc2C)cc1. The topological polar surface area (TPSA) is 13.1 Å². The standard InChI is InChI=1S/C13H14O/c1-3-11-4-6-12(7-5-11)13-9-14-8-10(13)2/h4-9H,3H2,1-2H3. The van der Waals surface area contributed by atoms with Crippen LogP contribution < -0.4 is 0 Å². The van der Waals surface area contributed by atoms with E-state index >= 15 is 0 Å². The number of aryl methyl sites for hydroxylation is 2. The fourth-order valence-electron chi connectivity index (χ4n) is 1.58. The normalized spacial score (nSPS) is 10.4. The lowest BCUT2D eigenvalue weighted by Crippen LogP contribution is -1.81. The van der Waals surface area contributed by atoms with Crippen LogP contribution in [0.4, 0.5) is 0 Å². The smallest absolute Gasteiger partial charge is 0.0983 e. The predicted octanol–water partition coefficient (Wildman–Crippen LogP) is 3.82. The summed E-state index contributed by atoms with van der Waals surface area (Å²) in [5.74, 6) is 0. The van der Waals surface area contributed by atoms with Gasteiger partial charge in [-0.2, -0.15) is 0 Å². The van der Waals surface area contributed by atoms with E-state index in [2.05, 4.69) is 38.1 Å². The molecule has 1 nitrogen and oxygen atoms in total. The Morgan fingerprint density at radius 3 is 2.29 bits per heavy atom. The Morgan fingerprint density at radius 1 is 1.07 bits per heavy atom. The molecular weight excluding hydrogens is 172 g/mol. The van der Waals surface area contributed by atoms with Crippen LogP contribution >= 0.6 is 0 Å². The van der Waals surface area contributed by atoms with Crippen molar-refractivity contribution in [1.29, 1.82) is 0 Å². The minimum absolute atomic E-state index is 1.09. The summed E-state index contributed by atoms with van der Waals surface area (Å²) in [5.41, 5.74) is 4.98. The monoisotopic (exact) mass is 186 g/mol. The lowest BCUT2D eigenvalue weighted by molar-refractivity contribution is 0.566. The number of benzene rings is 1. The number of rotatable bonds is 2. The molecule has 0 saturated heterocycles. The highest BCUT2D eigenvalue weighted by Gasteiger charge is 2.02. The Kier molecular flexibility index (Phi) is 2.40. The number of furan rings is 1. The van der Waals surface area contributed by atoms with Crippen molar-refractivity contribution in [2.24, 2.45) is 0 Å². The third kappa shape index (κ3) is 1.58. The van der Waals surface area contributed by atoms with Crippen LogP contribution in [0.3, 0.4) is 0 Å². The van der Waals surface area contributed by atoms with E-state index in [-0.39, 0.29) is 0 Å². The molecule has 0 unspecified atom stereocenters. The molecule has 0 aliphatic heterocycles. The zero-order chi connectivity index (χ0) is 9.97. The molecule has 1 heterocycles. The first-order chi connectivity index (χ1) is 6.81. The Labute approximate surface area is 84.4 Å². The first kappa shape index (κ1) is 9.07. The van der Waals surface area contributed by atoms with Crippen LogP contribution in [0.5, 0.6) is 0 Å². The van der Waals surface area contributed by atoms with Gasteiger partial charge in [-0.05, 0) is 30.0 Å². The minimum Gasteiger partial charge on any atom is -0.472 e. The maximum Gasteiger partial charge on any atom is 0.0983 e. The van der Waals surface area contributed by atoms with E-state index in [9.17, 15) is 0 Å². The van der Waals surface area contributed by atoms with Crippen LogP contribution in [-0.2, 0) is 6.42 Å². The Balaban J connectivity index is 2.39. The van der Waals surface area contributed by atoms with Gasteiger partial charge in [0.05, 0.1) is 12.5 Å². The second kappa shape index (κ2) is 3.70. The van der Waals surface area contributed by atoms with Crippen LogP contribution in [0.2, 0.25) is 0 Å². The molecule has 0 N–H and O–H groups in total. The van der Waals surface area contributed by atoms with Crippen molar-refractivity contribution in [3.63, 3.8) is 0 Å². The Bertz CT molecular complexity index is 409. The van der Waals surface area contributed by atoms with Crippen LogP contribution in [0.1, 0.15) is 18.1 Å². The second-order valence-electron chi connectivity index (χ2n) is 3.52. The van der Waals surface area contributed by atoms with Crippen molar-refractivity contribution in [2.45, 2.75) is 20.3 Å². The van der Waals surface area contributed by atoms with E-state index in [4.69, 9.17) is 4.42 Å². The van der Waals surface area contributed by atoms with Crippen molar-refractivity contribution < 1.29 is 4.42 Å². The van der Waals surface area contributed by atoms with E-state index in [1.165, 1.54) is 22.3 Å². The second-order valence-corrected chi connectivity index (χ2v) is 3.52. The molecular formula is C13H14O. The molecule has 1 aromatic heterocycles. The summed E-state index contributed by atoms with van der Waals surface area (Å²) in [5, 5.41) is 0. The third-order valence-corrected chi connectivity index (χ3v) is 2.53. The molecule has 14 heavy (non-hydrogen) atoms. The molecule has 0 aliphatic rings. The van der Waals surface area contributed by atoms with E-state index in [0.29, 0.717) is 0 Å². The van der Waals surface area contributed by atoms with E-state index in [1.54, 1.807) is 12.5 Å². The summed E-state index contributed by atoms with van der Waals surface area (Å²) in [6.45, 7) is 4.23. The molecule has 2 rings (SSSR count). The van der Waals surface area contributed by atoms with Crippen molar-refractivity contribution >= 4 is 0 Å². The molecule has 0 radical (unpaired) electrons. The van der Waals surface area contributed by atoms with Gasteiger partial charge in [-0.1, -0.05) is 31.2 Å². The van der Waals surface area contributed by atoms with Crippen LogP contribution in [-0.4, -0.2) is 0 Å². The summed E-state index contributed by atoms with van der Waals surface area (Å²) in [4.78, 5) is 0. The molecule has 0 bridgehead atoms. The van der Waals surface area contributed by atoms with Crippen LogP contribution in [0, 0.1) is 6.92 Å². The molecule has 0 saturated carbocycles. The highest BCUT2D eigenvalue weighted by Crippen LogP contribution is 2.24. The Morgan fingerprint density at radius 2 is 1.79 bits per heavy atom. The van der Waals surface area contributed by atoms with Gasteiger partial charge in [-0.3, -0.25) is 0 Å². The first-order valence-electron chi connectivity index (χ1n) is 4.93. The first-order valence-corrected chi connectivity index (χ1v) is 4.93. The van der Waals surface area contributed by atoms with Gasteiger partial charge in [0.2, 0.25) is 0 Å². The summed E-state index contributed by atoms with van der Waals surface area (Å²) in [7, 11) is 0. The van der Waals surface area contributed by atoms with Gasteiger partial charge in [0.1, 0.15) is 0 Å². The summed E-state index contributed by atoms with van der Waals surface area (Å²) in [6.07, 6.45) is 4.67. The molecule has 0 atom stereocenters. The highest BCUT2D eigenvalue weighted by atomic mass is 16.3. The lowest BCUT2D eigenvalue weighted by atomic mass is 10.0. The Hall–Kier alpha value is -1.50. The van der Waals surface area contributed by atoms with Gasteiger partial charge in [0, 0.05) is 5.56 Å². The zero-order valence-corrected chi connectivity index (χ0v) is 8.58. The lowest BCUT2D eigenvalue weighted by Gasteiger charge is -2.00. The van der Waals surface area contributed by atoms with Crippen molar-refractivity contribution in [1.82, 2.24) is 0 Å². The minimum atomic E-state index is 1.09. The van der Waals surface area contributed by atoms with Crippen molar-refractivity contribution in [3.05, 3.63) is 47.9 Å². The highest BCUT2D eigenvalue weighted by molar-refractivity contribution is 5.65. The van der Waals surface area contributed by atoms with E-state index in [1.807, 2.05) is 0 Å². The average Bonchev–Trinajstić information content (AvgIpc) is 2.65. The van der Waals surface area contributed by atoms with Gasteiger partial charge in [-0.25, -0.2) is 0 Å². The van der Waals surface area contributed by atoms with E-state index in [0.717, 1.165) is 6.42 Å². The zero-order valence-electron chi connectivity index (χ0n) is 8.58. The fraction of sp³-hybridized carbons (Fsp3) is 0.231. The molecule has 1 aromatic carbocycles. The maximum atomic E-state index is 5.16. The molecule has 72 valence electrons. The summed E-state index contributed by atoms with van der Waals surface area (Å²) < 4.78 is 5.16. The van der Waals surface area contributed by atoms with Gasteiger partial charge in [0.15, 0.2) is 0 Å². The van der Waals surface area contributed by atoms with Crippen LogP contribution in [0.15, 0.2) is 41.2 Å². The number of hydrogen-bond acceptors (Lipinski definition) is 1. The van der Waals surface area contributed by atoms with Gasteiger partial charge < -0.3 is 4.42 Å². The molecule has 1 heteroatoms. The number of hydrogen-bond donors (Lipinski definition) is 0. The average molecular weight is 186 g/mol. The maximum absolute atomic E-state index is 5.16. The molecule has 0 amide bonds. The van der Waals surface area contributed by atoms with Gasteiger partial charge in [-0.15, -0.1) is 0 Å². The van der Waals surface area contributed by atoms with Crippen molar-refractivity contribution in [3.8, 4) is 11.1 Å². The van der Waals surface area contributed by atoms with Gasteiger partial charge in [0.25, 0.3) is 0 Å². The quantitative estimate of drug-likeness (QED) is 0.695.